The predicted octanol–water partition coefficient (Wildman–Crippen LogP) is 3.92. The molecule has 0 bridgehead atoms. The first-order valence-corrected chi connectivity index (χ1v) is 9.79. The summed E-state index contributed by atoms with van der Waals surface area (Å²) in [5.74, 6) is -0.150. The summed E-state index contributed by atoms with van der Waals surface area (Å²) in [4.78, 5) is 19.5. The van der Waals surface area contributed by atoms with E-state index in [1.807, 2.05) is 42.3 Å². The Labute approximate surface area is 164 Å². The smallest absolute Gasteiger partial charge is 0.223 e. The highest BCUT2D eigenvalue weighted by Crippen LogP contribution is 2.29. The van der Waals surface area contributed by atoms with Crippen LogP contribution in [0.2, 0.25) is 0 Å². The third kappa shape index (κ3) is 3.77. The number of fused-ring (bicyclic) bond motifs is 1. The summed E-state index contributed by atoms with van der Waals surface area (Å²) in [5.41, 5.74) is 5.66. The van der Waals surface area contributed by atoms with Crippen LogP contribution in [0.3, 0.4) is 0 Å². The Bertz CT molecular complexity index is 1040. The van der Waals surface area contributed by atoms with Gasteiger partial charge in [0.25, 0.3) is 0 Å². The molecule has 5 nitrogen and oxygen atoms in total. The SMILES string of the molecule is Cc1cc2nc(C)c(CCC(=O)N(Cc3cccc(F)c3)C3CC3)c(C)n2n1. The zero-order valence-electron chi connectivity index (χ0n) is 16.6. The first kappa shape index (κ1) is 18.6. The standard InChI is InChI=1S/C22H25FN4O/c1-14-11-21-24-15(2)20(16(3)27(21)25-14)9-10-22(28)26(19-7-8-19)13-17-5-4-6-18(23)12-17/h4-6,11-12,19H,7-10,13H2,1-3H3. The molecule has 0 N–H and O–H groups in total. The summed E-state index contributed by atoms with van der Waals surface area (Å²) < 4.78 is 15.4. The topological polar surface area (TPSA) is 50.5 Å². The number of benzene rings is 1. The van der Waals surface area contributed by atoms with Gasteiger partial charge in [-0.25, -0.2) is 13.9 Å². The van der Waals surface area contributed by atoms with E-state index >= 15 is 0 Å². The van der Waals surface area contributed by atoms with Gasteiger partial charge in [-0.2, -0.15) is 5.10 Å². The van der Waals surface area contributed by atoms with Crippen LogP contribution in [0.25, 0.3) is 5.65 Å². The average Bonchev–Trinajstić information content (AvgIpc) is 3.41. The lowest BCUT2D eigenvalue weighted by Crippen LogP contribution is -2.33. The highest BCUT2D eigenvalue weighted by Gasteiger charge is 2.32. The van der Waals surface area contributed by atoms with Gasteiger partial charge in [0.05, 0.1) is 5.69 Å². The molecule has 1 fully saturated rings. The van der Waals surface area contributed by atoms with Gasteiger partial charge in [0.1, 0.15) is 5.82 Å². The molecule has 6 heteroatoms. The van der Waals surface area contributed by atoms with E-state index in [-0.39, 0.29) is 17.8 Å². The molecular formula is C22H25FN4O. The van der Waals surface area contributed by atoms with Gasteiger partial charge in [0.2, 0.25) is 5.91 Å². The molecule has 1 aromatic carbocycles. The van der Waals surface area contributed by atoms with Crippen LogP contribution in [-0.2, 0) is 17.8 Å². The van der Waals surface area contributed by atoms with Crippen molar-refractivity contribution in [3.63, 3.8) is 0 Å². The van der Waals surface area contributed by atoms with Crippen LogP contribution >= 0.6 is 0 Å². The van der Waals surface area contributed by atoms with Gasteiger partial charge in [0, 0.05) is 36.5 Å². The monoisotopic (exact) mass is 380 g/mol. The first-order valence-electron chi connectivity index (χ1n) is 9.79. The number of nitrogens with zero attached hydrogens (tertiary/aromatic N) is 4. The number of hydrogen-bond acceptors (Lipinski definition) is 3. The van der Waals surface area contributed by atoms with Crippen molar-refractivity contribution < 1.29 is 9.18 Å². The minimum Gasteiger partial charge on any atom is -0.335 e. The number of aryl methyl sites for hydroxylation is 3. The quantitative estimate of drug-likeness (QED) is 0.651. The normalized spacial score (nSPS) is 13.9. The van der Waals surface area contributed by atoms with Gasteiger partial charge in [-0.3, -0.25) is 4.79 Å². The third-order valence-electron chi connectivity index (χ3n) is 5.42. The van der Waals surface area contributed by atoms with E-state index in [0.717, 1.165) is 46.7 Å². The second kappa shape index (κ2) is 7.34. The Balaban J connectivity index is 1.50. The molecule has 1 aliphatic carbocycles. The van der Waals surface area contributed by atoms with Crippen molar-refractivity contribution in [1.29, 1.82) is 0 Å². The Morgan fingerprint density at radius 3 is 2.75 bits per heavy atom. The van der Waals surface area contributed by atoms with E-state index in [0.29, 0.717) is 19.4 Å². The van der Waals surface area contributed by atoms with Crippen LogP contribution in [0.1, 0.15) is 47.5 Å². The molecule has 4 rings (SSSR count). The number of amides is 1. The summed E-state index contributed by atoms with van der Waals surface area (Å²) in [6.45, 7) is 6.43. The third-order valence-corrected chi connectivity index (χ3v) is 5.42. The lowest BCUT2D eigenvalue weighted by Gasteiger charge is -2.23. The van der Waals surface area contributed by atoms with Gasteiger partial charge in [-0.1, -0.05) is 12.1 Å². The molecule has 0 unspecified atom stereocenters. The molecule has 2 heterocycles. The Kier molecular flexibility index (Phi) is 4.87. The predicted molar refractivity (Wildman–Crippen MR) is 105 cm³/mol. The Morgan fingerprint density at radius 2 is 2.04 bits per heavy atom. The fraction of sp³-hybridized carbons (Fsp3) is 0.409. The maximum absolute atomic E-state index is 13.5. The highest BCUT2D eigenvalue weighted by atomic mass is 19.1. The van der Waals surface area contributed by atoms with Crippen molar-refractivity contribution in [2.45, 2.75) is 59.0 Å². The van der Waals surface area contributed by atoms with Gasteiger partial charge in [-0.15, -0.1) is 0 Å². The fourth-order valence-corrected chi connectivity index (χ4v) is 3.82. The summed E-state index contributed by atoms with van der Waals surface area (Å²) >= 11 is 0. The van der Waals surface area contributed by atoms with E-state index in [9.17, 15) is 9.18 Å². The van der Waals surface area contributed by atoms with E-state index < -0.39 is 0 Å². The van der Waals surface area contributed by atoms with Gasteiger partial charge in [-0.05, 0) is 63.3 Å². The fourth-order valence-electron chi connectivity index (χ4n) is 3.82. The molecule has 3 aromatic rings. The zero-order valence-corrected chi connectivity index (χ0v) is 16.6. The molecule has 0 atom stereocenters. The largest absolute Gasteiger partial charge is 0.335 e. The van der Waals surface area contributed by atoms with Gasteiger partial charge in [0.15, 0.2) is 5.65 Å². The van der Waals surface area contributed by atoms with E-state index in [4.69, 9.17) is 0 Å². The first-order chi connectivity index (χ1) is 13.4. The van der Waals surface area contributed by atoms with Crippen LogP contribution in [-0.4, -0.2) is 31.4 Å². The average molecular weight is 380 g/mol. The van der Waals surface area contributed by atoms with Crippen molar-refractivity contribution in [3.8, 4) is 0 Å². The summed E-state index contributed by atoms with van der Waals surface area (Å²) in [6.07, 6.45) is 3.10. The molecule has 28 heavy (non-hydrogen) atoms. The Morgan fingerprint density at radius 1 is 1.25 bits per heavy atom. The molecule has 146 valence electrons. The van der Waals surface area contributed by atoms with Crippen molar-refractivity contribution in [3.05, 3.63) is 64.4 Å². The van der Waals surface area contributed by atoms with Crippen molar-refractivity contribution in [2.24, 2.45) is 0 Å². The molecule has 0 spiro atoms. The maximum Gasteiger partial charge on any atom is 0.223 e. The van der Waals surface area contributed by atoms with Crippen molar-refractivity contribution in [1.82, 2.24) is 19.5 Å². The van der Waals surface area contributed by atoms with E-state index in [1.165, 1.54) is 12.1 Å². The lowest BCUT2D eigenvalue weighted by molar-refractivity contribution is -0.132. The minimum atomic E-state index is -0.263. The molecule has 1 saturated carbocycles. The molecule has 0 aliphatic heterocycles. The van der Waals surface area contributed by atoms with E-state index in [2.05, 4.69) is 10.1 Å². The van der Waals surface area contributed by atoms with Crippen molar-refractivity contribution in [2.75, 3.05) is 0 Å². The van der Waals surface area contributed by atoms with Crippen LogP contribution in [0, 0.1) is 26.6 Å². The minimum absolute atomic E-state index is 0.113. The summed E-state index contributed by atoms with van der Waals surface area (Å²) in [5, 5.41) is 4.50. The van der Waals surface area contributed by atoms with Crippen molar-refractivity contribution >= 4 is 11.6 Å². The maximum atomic E-state index is 13.5. The molecular weight excluding hydrogens is 355 g/mol. The molecule has 1 amide bonds. The van der Waals surface area contributed by atoms with Crippen LogP contribution in [0.15, 0.2) is 30.3 Å². The number of carbonyl (C=O) groups excluding carboxylic acids is 1. The lowest BCUT2D eigenvalue weighted by atomic mass is 10.1. The Hall–Kier alpha value is -2.76. The number of rotatable bonds is 6. The highest BCUT2D eigenvalue weighted by molar-refractivity contribution is 5.77. The second-order valence-corrected chi connectivity index (χ2v) is 7.70. The summed E-state index contributed by atoms with van der Waals surface area (Å²) in [6, 6.07) is 8.75. The zero-order chi connectivity index (χ0) is 19.8. The number of halogens is 1. The van der Waals surface area contributed by atoms with Gasteiger partial charge >= 0.3 is 0 Å². The molecule has 2 aromatic heterocycles. The van der Waals surface area contributed by atoms with E-state index in [1.54, 1.807) is 6.07 Å². The molecule has 1 aliphatic rings. The second-order valence-electron chi connectivity index (χ2n) is 7.70. The summed E-state index contributed by atoms with van der Waals surface area (Å²) in [7, 11) is 0. The number of aromatic nitrogens is 3. The van der Waals surface area contributed by atoms with Crippen LogP contribution in [0.5, 0.6) is 0 Å². The molecule has 0 saturated heterocycles. The number of carbonyl (C=O) groups is 1. The number of hydrogen-bond donors (Lipinski definition) is 0. The van der Waals surface area contributed by atoms with Crippen LogP contribution in [0.4, 0.5) is 4.39 Å². The van der Waals surface area contributed by atoms with Gasteiger partial charge < -0.3 is 4.90 Å². The molecule has 0 radical (unpaired) electrons. The van der Waals surface area contributed by atoms with Crippen LogP contribution < -0.4 is 0 Å².